The molecule has 0 aliphatic carbocycles. The van der Waals surface area contributed by atoms with E-state index in [-0.39, 0.29) is 0 Å². The minimum Gasteiger partial charge on any atom is -0.423 e. The van der Waals surface area contributed by atoms with Crippen LogP contribution in [0.5, 0.6) is 0 Å². The maximum absolute atomic E-state index is 9.48. The van der Waals surface area contributed by atoms with Gasteiger partial charge in [0, 0.05) is 18.0 Å². The van der Waals surface area contributed by atoms with Gasteiger partial charge in [0.15, 0.2) is 5.82 Å². The van der Waals surface area contributed by atoms with Crippen molar-refractivity contribution in [3.05, 3.63) is 67.0 Å². The summed E-state index contributed by atoms with van der Waals surface area (Å²) in [6, 6.07) is 16.7. The van der Waals surface area contributed by atoms with Gasteiger partial charge in [-0.1, -0.05) is 42.5 Å². The molecule has 0 saturated carbocycles. The van der Waals surface area contributed by atoms with E-state index in [2.05, 4.69) is 9.97 Å². The number of nitrogens with zero attached hydrogens (tertiary/aromatic N) is 2. The molecule has 0 atom stereocenters. The van der Waals surface area contributed by atoms with Crippen LogP contribution in [0, 0.1) is 0 Å². The Morgan fingerprint density at radius 1 is 0.762 bits per heavy atom. The number of hydrogen-bond donors (Lipinski definition) is 2. The van der Waals surface area contributed by atoms with E-state index in [0.29, 0.717) is 11.3 Å². The highest BCUT2D eigenvalue weighted by Gasteiger charge is 2.16. The van der Waals surface area contributed by atoms with E-state index in [1.165, 1.54) is 0 Å². The Morgan fingerprint density at radius 3 is 2.24 bits per heavy atom. The molecule has 0 bridgehead atoms. The van der Waals surface area contributed by atoms with Crippen LogP contribution in [0.25, 0.3) is 22.5 Å². The lowest BCUT2D eigenvalue weighted by Crippen LogP contribution is -2.31. The molecular formula is C16H13BN2O2. The Hall–Kier alpha value is -2.50. The summed E-state index contributed by atoms with van der Waals surface area (Å²) in [7, 11) is -1.50. The Kier molecular flexibility index (Phi) is 3.77. The fraction of sp³-hybridized carbons (Fsp3) is 0. The Labute approximate surface area is 122 Å². The first-order valence-corrected chi connectivity index (χ1v) is 6.58. The topological polar surface area (TPSA) is 66.2 Å². The average Bonchev–Trinajstić information content (AvgIpc) is 2.56. The number of hydrogen-bond acceptors (Lipinski definition) is 4. The fourth-order valence-corrected chi connectivity index (χ4v) is 2.26. The van der Waals surface area contributed by atoms with Gasteiger partial charge in [0.1, 0.15) is 0 Å². The second-order valence-electron chi connectivity index (χ2n) is 4.61. The van der Waals surface area contributed by atoms with Gasteiger partial charge in [-0.3, -0.25) is 0 Å². The summed E-state index contributed by atoms with van der Waals surface area (Å²) < 4.78 is 0. The van der Waals surface area contributed by atoms with E-state index in [9.17, 15) is 10.0 Å². The van der Waals surface area contributed by atoms with E-state index >= 15 is 0 Å². The Morgan fingerprint density at radius 2 is 1.48 bits per heavy atom. The van der Waals surface area contributed by atoms with Crippen molar-refractivity contribution in [2.75, 3.05) is 0 Å². The Balaban J connectivity index is 2.09. The van der Waals surface area contributed by atoms with Gasteiger partial charge in [0.25, 0.3) is 0 Å². The molecule has 0 fully saturated rings. The molecular weight excluding hydrogens is 263 g/mol. The van der Waals surface area contributed by atoms with Crippen molar-refractivity contribution in [2.45, 2.75) is 0 Å². The van der Waals surface area contributed by atoms with Gasteiger partial charge in [-0.15, -0.1) is 0 Å². The minimum atomic E-state index is -1.50. The summed E-state index contributed by atoms with van der Waals surface area (Å²) in [5.74, 6) is 0.640. The molecule has 0 aliphatic rings. The second-order valence-corrected chi connectivity index (χ2v) is 4.61. The van der Waals surface area contributed by atoms with Crippen molar-refractivity contribution in [1.29, 1.82) is 0 Å². The Bertz CT molecular complexity index is 748. The summed E-state index contributed by atoms with van der Waals surface area (Å²) in [6.45, 7) is 0. The van der Waals surface area contributed by atoms with Crippen LogP contribution in [0.4, 0.5) is 0 Å². The predicted molar refractivity (Wildman–Crippen MR) is 82.7 cm³/mol. The molecule has 0 aliphatic heterocycles. The largest absolute Gasteiger partial charge is 0.489 e. The van der Waals surface area contributed by atoms with Crippen molar-refractivity contribution in [2.24, 2.45) is 0 Å². The van der Waals surface area contributed by atoms with E-state index in [0.717, 1.165) is 16.7 Å². The van der Waals surface area contributed by atoms with Crippen LogP contribution < -0.4 is 5.46 Å². The molecule has 102 valence electrons. The average molecular weight is 276 g/mol. The van der Waals surface area contributed by atoms with Gasteiger partial charge < -0.3 is 10.0 Å². The number of rotatable bonds is 3. The zero-order valence-corrected chi connectivity index (χ0v) is 11.2. The van der Waals surface area contributed by atoms with Gasteiger partial charge in [0.2, 0.25) is 0 Å². The first kappa shape index (κ1) is 13.5. The number of aromatic nitrogens is 2. The van der Waals surface area contributed by atoms with Gasteiger partial charge in [-0.25, -0.2) is 9.97 Å². The summed E-state index contributed by atoms with van der Waals surface area (Å²) in [5, 5.41) is 19.0. The highest BCUT2D eigenvalue weighted by atomic mass is 16.4. The molecule has 1 aromatic heterocycles. The molecule has 1 heterocycles. The summed E-state index contributed by atoms with van der Waals surface area (Å²) in [4.78, 5) is 8.46. The smallest absolute Gasteiger partial charge is 0.423 e. The highest BCUT2D eigenvalue weighted by Crippen LogP contribution is 2.23. The van der Waals surface area contributed by atoms with Crippen LogP contribution >= 0.6 is 0 Å². The van der Waals surface area contributed by atoms with E-state index in [1.807, 2.05) is 36.4 Å². The summed E-state index contributed by atoms with van der Waals surface area (Å²) in [6.07, 6.45) is 3.39. The predicted octanol–water partition coefficient (Wildman–Crippen LogP) is 1.49. The fourth-order valence-electron chi connectivity index (χ4n) is 2.26. The lowest BCUT2D eigenvalue weighted by molar-refractivity contribution is 0.426. The zero-order valence-electron chi connectivity index (χ0n) is 11.2. The summed E-state index contributed by atoms with van der Waals surface area (Å²) in [5.41, 5.74) is 3.04. The zero-order chi connectivity index (χ0) is 14.7. The van der Waals surface area contributed by atoms with Crippen LogP contribution in [-0.2, 0) is 0 Å². The SMILES string of the molecule is OB(O)c1ccccc1-c1cccc(-c2ncccn2)c1. The van der Waals surface area contributed by atoms with Crippen molar-refractivity contribution >= 4 is 12.6 Å². The standard InChI is InChI=1S/C16H13BN2O2/c20-17(21)15-8-2-1-7-14(15)12-5-3-6-13(11-12)16-18-9-4-10-19-16/h1-11,20-21H. The van der Waals surface area contributed by atoms with Crippen LogP contribution in [0.2, 0.25) is 0 Å². The molecule has 2 aromatic carbocycles. The number of benzene rings is 2. The molecule has 2 N–H and O–H groups in total. The van der Waals surface area contributed by atoms with Crippen LogP contribution in [0.1, 0.15) is 0 Å². The molecule has 3 aromatic rings. The van der Waals surface area contributed by atoms with Crippen molar-refractivity contribution in [3.8, 4) is 22.5 Å². The molecule has 0 amide bonds. The van der Waals surface area contributed by atoms with Gasteiger partial charge in [0.05, 0.1) is 0 Å². The third-order valence-electron chi connectivity index (χ3n) is 3.24. The normalized spacial score (nSPS) is 10.4. The van der Waals surface area contributed by atoms with E-state index < -0.39 is 7.12 Å². The van der Waals surface area contributed by atoms with Gasteiger partial charge in [-0.05, 0) is 28.7 Å². The van der Waals surface area contributed by atoms with Crippen molar-refractivity contribution < 1.29 is 10.0 Å². The second kappa shape index (κ2) is 5.87. The van der Waals surface area contributed by atoms with Crippen molar-refractivity contribution in [3.63, 3.8) is 0 Å². The molecule has 21 heavy (non-hydrogen) atoms. The summed E-state index contributed by atoms with van der Waals surface area (Å²) >= 11 is 0. The van der Waals surface area contributed by atoms with Crippen LogP contribution in [0.3, 0.4) is 0 Å². The van der Waals surface area contributed by atoms with E-state index in [1.54, 1.807) is 30.6 Å². The maximum atomic E-state index is 9.48. The van der Waals surface area contributed by atoms with E-state index in [4.69, 9.17) is 0 Å². The monoisotopic (exact) mass is 276 g/mol. The third kappa shape index (κ3) is 2.84. The molecule has 0 saturated heterocycles. The lowest BCUT2D eigenvalue weighted by atomic mass is 9.75. The minimum absolute atomic E-state index is 0.476. The molecule has 3 rings (SSSR count). The third-order valence-corrected chi connectivity index (χ3v) is 3.24. The van der Waals surface area contributed by atoms with Crippen LogP contribution in [0.15, 0.2) is 67.0 Å². The first-order chi connectivity index (χ1) is 10.3. The molecule has 4 nitrogen and oxygen atoms in total. The highest BCUT2D eigenvalue weighted by molar-refractivity contribution is 6.60. The molecule has 0 spiro atoms. The molecule has 0 unspecified atom stereocenters. The van der Waals surface area contributed by atoms with Crippen LogP contribution in [-0.4, -0.2) is 27.1 Å². The molecule has 5 heteroatoms. The first-order valence-electron chi connectivity index (χ1n) is 6.58. The lowest BCUT2D eigenvalue weighted by Gasteiger charge is -2.10. The molecule has 0 radical (unpaired) electrons. The van der Waals surface area contributed by atoms with Gasteiger partial charge >= 0.3 is 7.12 Å². The van der Waals surface area contributed by atoms with Gasteiger partial charge in [-0.2, -0.15) is 0 Å². The van der Waals surface area contributed by atoms with Crippen molar-refractivity contribution in [1.82, 2.24) is 9.97 Å². The maximum Gasteiger partial charge on any atom is 0.489 e. The quantitative estimate of drug-likeness (QED) is 0.711.